The third-order valence-corrected chi connectivity index (χ3v) is 5.16. The molecule has 1 aliphatic carbocycles. The lowest BCUT2D eigenvalue weighted by Crippen LogP contribution is -2.26. The molecule has 7 heteroatoms. The molecule has 0 amide bonds. The van der Waals surface area contributed by atoms with E-state index in [9.17, 15) is 18.8 Å². The molecule has 0 spiro atoms. The van der Waals surface area contributed by atoms with Crippen LogP contribution in [0.25, 0.3) is 11.1 Å². The molecule has 0 radical (unpaired) electrons. The van der Waals surface area contributed by atoms with Gasteiger partial charge >= 0.3 is 17.9 Å². The molecule has 2 atom stereocenters. The molecule has 0 heterocycles. The first-order valence-electron chi connectivity index (χ1n) is 10.5. The van der Waals surface area contributed by atoms with Gasteiger partial charge in [-0.3, -0.25) is 0 Å². The van der Waals surface area contributed by atoms with Crippen LogP contribution in [0.1, 0.15) is 38.0 Å². The van der Waals surface area contributed by atoms with E-state index >= 15 is 0 Å². The van der Waals surface area contributed by atoms with Crippen LogP contribution in [-0.2, 0) is 30.3 Å². The first-order chi connectivity index (χ1) is 16.0. The van der Waals surface area contributed by atoms with Crippen LogP contribution < -0.4 is 4.74 Å². The molecular weight excluding hydrogens is 439 g/mol. The number of carbonyl (C=O) groups is 3. The summed E-state index contributed by atoms with van der Waals surface area (Å²) in [6.07, 6.45) is -1.29. The van der Waals surface area contributed by atoms with E-state index in [0.29, 0.717) is 16.7 Å². The summed E-state index contributed by atoms with van der Waals surface area (Å²) in [6.45, 7) is 15.3. The zero-order chi connectivity index (χ0) is 25.2. The number of hydrogen-bond donors (Lipinski definition) is 0. The predicted molar refractivity (Wildman–Crippen MR) is 124 cm³/mol. The maximum atomic E-state index is 14.3. The van der Waals surface area contributed by atoms with Crippen molar-refractivity contribution in [1.29, 1.82) is 0 Å². The van der Waals surface area contributed by atoms with E-state index < -0.39 is 35.9 Å². The lowest BCUT2D eigenvalue weighted by molar-refractivity contribution is -0.161. The smallest absolute Gasteiger partial charge is 0.338 e. The van der Waals surface area contributed by atoms with Gasteiger partial charge in [-0.1, -0.05) is 37.9 Å². The molecular formula is C27H25FO6. The minimum absolute atomic E-state index is 0.0463. The molecule has 2 aromatic rings. The van der Waals surface area contributed by atoms with Crippen molar-refractivity contribution >= 4 is 17.9 Å². The second-order valence-corrected chi connectivity index (χ2v) is 8.29. The van der Waals surface area contributed by atoms with Gasteiger partial charge in [0.1, 0.15) is 17.7 Å². The monoisotopic (exact) mass is 464 g/mol. The van der Waals surface area contributed by atoms with Crippen molar-refractivity contribution in [2.24, 2.45) is 0 Å². The molecule has 0 fully saturated rings. The Bertz CT molecular complexity index is 1230. The van der Waals surface area contributed by atoms with Gasteiger partial charge in [0.2, 0.25) is 0 Å². The summed E-state index contributed by atoms with van der Waals surface area (Å²) >= 11 is 0. The van der Waals surface area contributed by atoms with Crippen molar-refractivity contribution in [3.8, 4) is 16.9 Å². The van der Waals surface area contributed by atoms with Gasteiger partial charge in [0.15, 0.2) is 6.10 Å². The molecule has 2 aromatic carbocycles. The minimum Gasteiger partial charge on any atom is -0.454 e. The average molecular weight is 464 g/mol. The molecule has 0 aromatic heterocycles. The summed E-state index contributed by atoms with van der Waals surface area (Å²) in [4.78, 5) is 36.2. The number of carbonyl (C=O) groups excluding carboxylic acids is 3. The third-order valence-electron chi connectivity index (χ3n) is 5.16. The molecule has 6 nitrogen and oxygen atoms in total. The summed E-state index contributed by atoms with van der Waals surface area (Å²) in [5.74, 6) is -2.39. The summed E-state index contributed by atoms with van der Waals surface area (Å²) in [5, 5.41) is 0. The fraction of sp³-hybridized carbons (Fsp3) is 0.222. The van der Waals surface area contributed by atoms with Crippen LogP contribution in [0.3, 0.4) is 0 Å². The van der Waals surface area contributed by atoms with E-state index in [1.165, 1.54) is 32.9 Å². The number of hydrogen-bond acceptors (Lipinski definition) is 6. The van der Waals surface area contributed by atoms with E-state index in [4.69, 9.17) is 14.2 Å². The first kappa shape index (κ1) is 24.6. The lowest BCUT2D eigenvalue weighted by Gasteiger charge is -2.21. The van der Waals surface area contributed by atoms with Crippen molar-refractivity contribution in [2.75, 3.05) is 0 Å². The average Bonchev–Trinajstić information content (AvgIpc) is 3.09. The number of ether oxygens (including phenoxy) is 3. The highest BCUT2D eigenvalue weighted by Crippen LogP contribution is 2.39. The van der Waals surface area contributed by atoms with E-state index in [2.05, 4.69) is 19.7 Å². The van der Waals surface area contributed by atoms with E-state index in [-0.39, 0.29) is 28.9 Å². The third kappa shape index (κ3) is 5.49. The highest BCUT2D eigenvalue weighted by atomic mass is 19.1. The van der Waals surface area contributed by atoms with Gasteiger partial charge in [0, 0.05) is 29.2 Å². The Balaban J connectivity index is 1.96. The fourth-order valence-electron chi connectivity index (χ4n) is 3.44. The highest BCUT2D eigenvalue weighted by molar-refractivity contribution is 5.89. The van der Waals surface area contributed by atoms with Gasteiger partial charge < -0.3 is 14.2 Å². The predicted octanol–water partition coefficient (Wildman–Crippen LogP) is 5.18. The van der Waals surface area contributed by atoms with Crippen molar-refractivity contribution in [3.63, 3.8) is 0 Å². The first-order valence-corrected chi connectivity index (χ1v) is 10.5. The van der Waals surface area contributed by atoms with Gasteiger partial charge in [-0.05, 0) is 55.2 Å². The number of rotatable bonds is 7. The van der Waals surface area contributed by atoms with Crippen molar-refractivity contribution in [3.05, 3.63) is 89.8 Å². The number of halogens is 1. The van der Waals surface area contributed by atoms with Gasteiger partial charge in [-0.2, -0.15) is 0 Å². The maximum absolute atomic E-state index is 14.3. The molecule has 2 unspecified atom stereocenters. The van der Waals surface area contributed by atoms with E-state index in [0.717, 1.165) is 11.6 Å². The largest absolute Gasteiger partial charge is 0.454 e. The summed E-state index contributed by atoms with van der Waals surface area (Å²) in [6, 6.07) is 9.22. The molecule has 3 rings (SSSR count). The normalized spacial score (nSPS) is 16.2. The SMILES string of the molecule is C=C(C)C(=O)Oc1cc(F)cc(-c2ccc3c(c2)CC(OC(=O)C(=C)C)C3OC(=O)C(=C)C)c1. The Morgan fingerprint density at radius 3 is 2.06 bits per heavy atom. The number of fused-ring (bicyclic) bond motifs is 1. The Kier molecular flexibility index (Phi) is 7.15. The van der Waals surface area contributed by atoms with E-state index in [1.54, 1.807) is 18.2 Å². The number of benzene rings is 2. The van der Waals surface area contributed by atoms with Gasteiger partial charge in [-0.25, -0.2) is 18.8 Å². The molecule has 176 valence electrons. The number of esters is 3. The molecule has 0 saturated carbocycles. The van der Waals surface area contributed by atoms with Crippen molar-refractivity contribution < 1.29 is 33.0 Å². The van der Waals surface area contributed by atoms with Crippen LogP contribution in [0, 0.1) is 5.82 Å². The van der Waals surface area contributed by atoms with Crippen LogP contribution in [0.2, 0.25) is 0 Å². The van der Waals surface area contributed by atoms with Gasteiger partial charge in [0.25, 0.3) is 0 Å². The van der Waals surface area contributed by atoms with Crippen LogP contribution in [0.5, 0.6) is 5.75 Å². The summed E-state index contributed by atoms with van der Waals surface area (Å²) < 4.78 is 30.5. The summed E-state index contributed by atoms with van der Waals surface area (Å²) in [7, 11) is 0. The van der Waals surface area contributed by atoms with Crippen molar-refractivity contribution in [1.82, 2.24) is 0 Å². The van der Waals surface area contributed by atoms with E-state index in [1.807, 2.05) is 0 Å². The molecule has 0 bridgehead atoms. The van der Waals surface area contributed by atoms with Crippen LogP contribution in [-0.4, -0.2) is 24.0 Å². The zero-order valence-corrected chi connectivity index (χ0v) is 19.3. The molecule has 0 aliphatic heterocycles. The van der Waals surface area contributed by atoms with Crippen LogP contribution in [0.15, 0.2) is 72.9 Å². The Hall–Kier alpha value is -4.00. The zero-order valence-electron chi connectivity index (χ0n) is 19.3. The van der Waals surface area contributed by atoms with Crippen molar-refractivity contribution in [2.45, 2.75) is 39.4 Å². The second-order valence-electron chi connectivity index (χ2n) is 8.29. The summed E-state index contributed by atoms with van der Waals surface area (Å²) in [5.41, 5.74) is 3.18. The standard InChI is InChI=1S/C27H25FO6/c1-14(2)25(29)32-21-11-18(10-20(28)13-21)17-7-8-22-19(9-17)12-23(33-26(30)15(3)4)24(22)34-27(31)16(5)6/h7-11,13,23-24H,1,3,5,12H2,2,4,6H3. The molecule has 0 N–H and O–H groups in total. The van der Waals surface area contributed by atoms with Crippen LogP contribution in [0.4, 0.5) is 4.39 Å². The molecule has 1 aliphatic rings. The van der Waals surface area contributed by atoms with Gasteiger partial charge in [-0.15, -0.1) is 0 Å². The highest BCUT2D eigenvalue weighted by Gasteiger charge is 2.38. The van der Waals surface area contributed by atoms with Crippen LogP contribution >= 0.6 is 0 Å². The molecule has 0 saturated heterocycles. The fourth-order valence-corrected chi connectivity index (χ4v) is 3.44. The topological polar surface area (TPSA) is 78.9 Å². The quantitative estimate of drug-likeness (QED) is 0.319. The molecule has 34 heavy (non-hydrogen) atoms. The Morgan fingerprint density at radius 2 is 1.44 bits per heavy atom. The maximum Gasteiger partial charge on any atom is 0.338 e. The second kappa shape index (κ2) is 9.87. The Morgan fingerprint density at radius 1 is 0.824 bits per heavy atom. The minimum atomic E-state index is -0.823. The van der Waals surface area contributed by atoms with Gasteiger partial charge in [0.05, 0.1) is 0 Å². The lowest BCUT2D eigenvalue weighted by atomic mass is 10.00. The Labute approximate surface area is 197 Å².